The zero-order valence-electron chi connectivity index (χ0n) is 11.8. The van der Waals surface area contributed by atoms with Gasteiger partial charge < -0.3 is 10.1 Å². The van der Waals surface area contributed by atoms with E-state index in [0.29, 0.717) is 27.8 Å². The zero-order chi connectivity index (χ0) is 15.4. The SMILES string of the molecule is CNC(Cc1ccc(Cl)cc1Cl)c1ccc(OC)cc1F. The fraction of sp³-hybridized carbons (Fsp3) is 0.250. The van der Waals surface area contributed by atoms with Gasteiger partial charge in [0.15, 0.2) is 0 Å². The van der Waals surface area contributed by atoms with Crippen LogP contribution in [-0.2, 0) is 6.42 Å². The molecule has 0 aliphatic carbocycles. The number of nitrogens with one attached hydrogen (secondary N) is 1. The average Bonchev–Trinajstić information content (AvgIpc) is 2.47. The Kier molecular flexibility index (Phi) is 5.45. The molecule has 1 atom stereocenters. The molecule has 2 rings (SSSR count). The molecule has 0 aliphatic rings. The summed E-state index contributed by atoms with van der Waals surface area (Å²) in [6.07, 6.45) is 0.565. The van der Waals surface area contributed by atoms with Gasteiger partial charge in [-0.25, -0.2) is 4.39 Å². The first kappa shape index (κ1) is 16.1. The third kappa shape index (κ3) is 3.88. The lowest BCUT2D eigenvalue weighted by Crippen LogP contribution is -2.20. The lowest BCUT2D eigenvalue weighted by atomic mass is 9.98. The van der Waals surface area contributed by atoms with Gasteiger partial charge >= 0.3 is 0 Å². The first-order valence-electron chi connectivity index (χ1n) is 6.49. The van der Waals surface area contributed by atoms with E-state index in [9.17, 15) is 4.39 Å². The first-order chi connectivity index (χ1) is 10.0. The van der Waals surface area contributed by atoms with Crippen molar-refractivity contribution in [3.8, 4) is 5.75 Å². The Labute approximate surface area is 133 Å². The van der Waals surface area contributed by atoms with Crippen molar-refractivity contribution in [1.29, 1.82) is 0 Å². The molecule has 0 heterocycles. The summed E-state index contributed by atoms with van der Waals surface area (Å²) in [5, 5.41) is 4.28. The molecule has 21 heavy (non-hydrogen) atoms. The van der Waals surface area contributed by atoms with Gasteiger partial charge in [-0.3, -0.25) is 0 Å². The Morgan fingerprint density at radius 1 is 1.19 bits per heavy atom. The second-order valence-corrected chi connectivity index (χ2v) is 5.51. The van der Waals surface area contributed by atoms with Gasteiger partial charge in [0.2, 0.25) is 0 Å². The van der Waals surface area contributed by atoms with Crippen molar-refractivity contribution in [3.63, 3.8) is 0 Å². The number of halogens is 3. The van der Waals surface area contributed by atoms with Crippen molar-refractivity contribution in [2.45, 2.75) is 12.5 Å². The second-order valence-electron chi connectivity index (χ2n) is 4.67. The molecule has 0 aromatic heterocycles. The molecular formula is C16H16Cl2FNO. The highest BCUT2D eigenvalue weighted by atomic mass is 35.5. The summed E-state index contributed by atoms with van der Waals surface area (Å²) in [6.45, 7) is 0. The number of hydrogen-bond donors (Lipinski definition) is 1. The normalized spacial score (nSPS) is 12.2. The van der Waals surface area contributed by atoms with E-state index < -0.39 is 0 Å². The molecule has 112 valence electrons. The minimum atomic E-state index is -0.307. The van der Waals surface area contributed by atoms with Crippen LogP contribution >= 0.6 is 23.2 Å². The molecule has 1 N–H and O–H groups in total. The van der Waals surface area contributed by atoms with E-state index in [0.717, 1.165) is 5.56 Å². The van der Waals surface area contributed by atoms with Crippen molar-refractivity contribution in [2.75, 3.05) is 14.2 Å². The van der Waals surface area contributed by atoms with Gasteiger partial charge in [-0.1, -0.05) is 35.3 Å². The highest BCUT2D eigenvalue weighted by molar-refractivity contribution is 6.35. The molecule has 0 fully saturated rings. The Balaban J connectivity index is 2.27. The van der Waals surface area contributed by atoms with E-state index in [1.165, 1.54) is 13.2 Å². The lowest BCUT2D eigenvalue weighted by Gasteiger charge is -2.19. The Morgan fingerprint density at radius 2 is 1.95 bits per heavy atom. The van der Waals surface area contributed by atoms with Crippen LogP contribution in [0.3, 0.4) is 0 Å². The maximum Gasteiger partial charge on any atom is 0.131 e. The molecule has 0 spiro atoms. The van der Waals surface area contributed by atoms with Crippen LogP contribution in [0.1, 0.15) is 17.2 Å². The van der Waals surface area contributed by atoms with Crippen LogP contribution in [0, 0.1) is 5.82 Å². The van der Waals surface area contributed by atoms with Gasteiger partial charge in [0, 0.05) is 27.7 Å². The van der Waals surface area contributed by atoms with Crippen LogP contribution in [0.15, 0.2) is 36.4 Å². The molecular weight excluding hydrogens is 312 g/mol. The molecule has 2 aromatic carbocycles. The van der Waals surface area contributed by atoms with Crippen LogP contribution < -0.4 is 10.1 Å². The maximum atomic E-state index is 14.2. The Morgan fingerprint density at radius 3 is 2.52 bits per heavy atom. The molecule has 0 aliphatic heterocycles. The van der Waals surface area contributed by atoms with Crippen LogP contribution in [-0.4, -0.2) is 14.2 Å². The Hall–Kier alpha value is -1.29. The fourth-order valence-electron chi connectivity index (χ4n) is 2.19. The van der Waals surface area contributed by atoms with E-state index in [2.05, 4.69) is 5.32 Å². The minimum absolute atomic E-state index is 0.186. The van der Waals surface area contributed by atoms with Crippen molar-refractivity contribution in [2.24, 2.45) is 0 Å². The van der Waals surface area contributed by atoms with Crippen molar-refractivity contribution in [1.82, 2.24) is 5.32 Å². The summed E-state index contributed by atoms with van der Waals surface area (Å²) >= 11 is 12.1. The van der Waals surface area contributed by atoms with Gasteiger partial charge in [-0.15, -0.1) is 0 Å². The highest BCUT2D eigenvalue weighted by Gasteiger charge is 2.16. The van der Waals surface area contributed by atoms with Crippen molar-refractivity contribution >= 4 is 23.2 Å². The number of methoxy groups -OCH3 is 1. The zero-order valence-corrected chi connectivity index (χ0v) is 13.3. The number of rotatable bonds is 5. The van der Waals surface area contributed by atoms with Gasteiger partial charge in [0.05, 0.1) is 7.11 Å². The quantitative estimate of drug-likeness (QED) is 0.863. The van der Waals surface area contributed by atoms with Crippen LogP contribution in [0.25, 0.3) is 0 Å². The maximum absolute atomic E-state index is 14.2. The van der Waals surface area contributed by atoms with Crippen LogP contribution in [0.5, 0.6) is 5.75 Å². The van der Waals surface area contributed by atoms with Gasteiger partial charge in [-0.2, -0.15) is 0 Å². The first-order valence-corrected chi connectivity index (χ1v) is 7.25. The number of benzene rings is 2. The molecule has 0 bridgehead atoms. The topological polar surface area (TPSA) is 21.3 Å². The summed E-state index contributed by atoms with van der Waals surface area (Å²) in [7, 11) is 3.30. The molecule has 0 amide bonds. The molecule has 5 heteroatoms. The fourth-order valence-corrected chi connectivity index (χ4v) is 2.68. The smallest absolute Gasteiger partial charge is 0.131 e. The average molecular weight is 328 g/mol. The third-order valence-corrected chi connectivity index (χ3v) is 3.96. The largest absolute Gasteiger partial charge is 0.497 e. The van der Waals surface area contributed by atoms with Crippen molar-refractivity contribution in [3.05, 3.63) is 63.4 Å². The van der Waals surface area contributed by atoms with E-state index in [1.807, 2.05) is 6.07 Å². The van der Waals surface area contributed by atoms with E-state index in [1.54, 1.807) is 31.3 Å². The number of hydrogen-bond acceptors (Lipinski definition) is 2. The van der Waals surface area contributed by atoms with E-state index >= 15 is 0 Å². The van der Waals surface area contributed by atoms with Gasteiger partial charge in [0.25, 0.3) is 0 Å². The predicted octanol–water partition coefficient (Wildman–Crippen LogP) is 4.64. The Bertz CT molecular complexity index is 634. The monoisotopic (exact) mass is 327 g/mol. The van der Waals surface area contributed by atoms with E-state index in [4.69, 9.17) is 27.9 Å². The van der Waals surface area contributed by atoms with Crippen molar-refractivity contribution < 1.29 is 9.13 Å². The molecule has 2 aromatic rings. The molecule has 0 saturated heterocycles. The summed E-state index contributed by atoms with van der Waals surface area (Å²) in [4.78, 5) is 0. The summed E-state index contributed by atoms with van der Waals surface area (Å²) in [6, 6.07) is 9.98. The summed E-state index contributed by atoms with van der Waals surface area (Å²) in [5.74, 6) is 0.189. The summed E-state index contributed by atoms with van der Waals surface area (Å²) in [5.41, 5.74) is 1.49. The van der Waals surface area contributed by atoms with Crippen LogP contribution in [0.2, 0.25) is 10.0 Å². The molecule has 2 nitrogen and oxygen atoms in total. The van der Waals surface area contributed by atoms with Gasteiger partial charge in [0.1, 0.15) is 11.6 Å². The molecule has 1 unspecified atom stereocenters. The van der Waals surface area contributed by atoms with E-state index in [-0.39, 0.29) is 11.9 Å². The predicted molar refractivity (Wildman–Crippen MR) is 84.9 cm³/mol. The third-order valence-electron chi connectivity index (χ3n) is 3.37. The highest BCUT2D eigenvalue weighted by Crippen LogP contribution is 2.28. The summed E-state index contributed by atoms with van der Waals surface area (Å²) < 4.78 is 19.2. The number of ether oxygens (including phenoxy) is 1. The number of likely N-dealkylation sites (N-methyl/N-ethyl adjacent to an activating group) is 1. The second kappa shape index (κ2) is 7.12. The van der Waals surface area contributed by atoms with Gasteiger partial charge in [-0.05, 0) is 37.2 Å². The molecule has 0 saturated carbocycles. The minimum Gasteiger partial charge on any atom is -0.497 e. The standard InChI is InChI=1S/C16H16Cl2FNO/c1-20-16(7-10-3-4-11(17)8-14(10)18)13-6-5-12(21-2)9-15(13)19/h3-6,8-9,16,20H,7H2,1-2H3. The lowest BCUT2D eigenvalue weighted by molar-refractivity contribution is 0.409. The van der Waals surface area contributed by atoms with Crippen LogP contribution in [0.4, 0.5) is 4.39 Å². The molecule has 0 radical (unpaired) electrons.